The van der Waals surface area contributed by atoms with Crippen molar-refractivity contribution in [2.24, 2.45) is 5.73 Å². The predicted octanol–water partition coefficient (Wildman–Crippen LogP) is 2.58. The summed E-state index contributed by atoms with van der Waals surface area (Å²) in [6.07, 6.45) is -1.02. The van der Waals surface area contributed by atoms with Crippen molar-refractivity contribution in [1.29, 1.82) is 0 Å². The van der Waals surface area contributed by atoms with Crippen molar-refractivity contribution in [3.8, 4) is 5.75 Å². The van der Waals surface area contributed by atoms with Crippen LogP contribution in [0.5, 0.6) is 5.75 Å². The van der Waals surface area contributed by atoms with Gasteiger partial charge in [-0.05, 0) is 13.0 Å². The molecular formula is C13H16ClFN2O3. The number of halogens is 2. The Morgan fingerprint density at radius 3 is 2.70 bits per heavy atom. The van der Waals surface area contributed by atoms with E-state index in [4.69, 9.17) is 27.2 Å². The molecule has 1 saturated heterocycles. The van der Waals surface area contributed by atoms with Gasteiger partial charge in [0.2, 0.25) is 0 Å². The Morgan fingerprint density at radius 2 is 2.25 bits per heavy atom. The number of hydrogen-bond acceptors (Lipinski definition) is 3. The van der Waals surface area contributed by atoms with Crippen LogP contribution in [0.15, 0.2) is 6.07 Å². The van der Waals surface area contributed by atoms with Crippen molar-refractivity contribution in [2.45, 2.75) is 18.9 Å². The summed E-state index contributed by atoms with van der Waals surface area (Å²) >= 11 is 5.90. The SMILES string of the molecule is COc1c(C(C)N)cc(Cl)c(F)c1C1CN(C(=O)O)C1. The van der Waals surface area contributed by atoms with Crippen molar-refractivity contribution in [1.82, 2.24) is 4.90 Å². The number of nitrogens with two attached hydrogens (primary N) is 1. The monoisotopic (exact) mass is 302 g/mol. The van der Waals surface area contributed by atoms with Gasteiger partial charge < -0.3 is 20.5 Å². The van der Waals surface area contributed by atoms with Crippen molar-refractivity contribution >= 4 is 17.7 Å². The Morgan fingerprint density at radius 1 is 1.65 bits per heavy atom. The molecule has 0 saturated carbocycles. The van der Waals surface area contributed by atoms with E-state index in [1.165, 1.54) is 18.1 Å². The molecule has 110 valence electrons. The average molecular weight is 303 g/mol. The van der Waals surface area contributed by atoms with Gasteiger partial charge in [-0.3, -0.25) is 0 Å². The fraction of sp³-hybridized carbons (Fsp3) is 0.462. The van der Waals surface area contributed by atoms with Gasteiger partial charge in [-0.2, -0.15) is 0 Å². The number of likely N-dealkylation sites (tertiary alicyclic amines) is 1. The van der Waals surface area contributed by atoms with E-state index in [1.54, 1.807) is 6.92 Å². The van der Waals surface area contributed by atoms with Gasteiger partial charge in [0.25, 0.3) is 0 Å². The van der Waals surface area contributed by atoms with Gasteiger partial charge in [-0.1, -0.05) is 11.6 Å². The van der Waals surface area contributed by atoms with Crippen molar-refractivity contribution in [3.05, 3.63) is 28.0 Å². The van der Waals surface area contributed by atoms with Crippen molar-refractivity contribution in [2.75, 3.05) is 20.2 Å². The van der Waals surface area contributed by atoms with Crippen LogP contribution in [0.3, 0.4) is 0 Å². The zero-order valence-electron chi connectivity index (χ0n) is 11.2. The van der Waals surface area contributed by atoms with E-state index in [1.807, 2.05) is 0 Å². The quantitative estimate of drug-likeness (QED) is 0.900. The van der Waals surface area contributed by atoms with Gasteiger partial charge in [-0.15, -0.1) is 0 Å². The molecule has 1 aliphatic heterocycles. The van der Waals surface area contributed by atoms with Crippen LogP contribution in [0.4, 0.5) is 9.18 Å². The van der Waals surface area contributed by atoms with E-state index in [-0.39, 0.29) is 30.1 Å². The maximum absolute atomic E-state index is 14.3. The van der Waals surface area contributed by atoms with E-state index >= 15 is 0 Å². The maximum Gasteiger partial charge on any atom is 0.407 e. The summed E-state index contributed by atoms with van der Waals surface area (Å²) in [5, 5.41) is 8.82. The van der Waals surface area contributed by atoms with Gasteiger partial charge in [0.15, 0.2) is 0 Å². The third-order valence-electron chi connectivity index (χ3n) is 3.49. The fourth-order valence-corrected chi connectivity index (χ4v) is 2.62. The number of benzene rings is 1. The second-order valence-corrected chi connectivity index (χ2v) is 5.29. The van der Waals surface area contributed by atoms with Gasteiger partial charge in [0.1, 0.15) is 11.6 Å². The minimum atomic E-state index is -1.02. The van der Waals surface area contributed by atoms with E-state index in [0.717, 1.165) is 0 Å². The zero-order chi connectivity index (χ0) is 15.0. The fourth-order valence-electron chi connectivity index (χ4n) is 2.40. The highest BCUT2D eigenvalue weighted by Crippen LogP contribution is 2.41. The van der Waals surface area contributed by atoms with Crippen LogP contribution in [-0.2, 0) is 0 Å². The summed E-state index contributed by atoms with van der Waals surface area (Å²) in [6.45, 7) is 2.20. The maximum atomic E-state index is 14.3. The highest BCUT2D eigenvalue weighted by atomic mass is 35.5. The first-order valence-electron chi connectivity index (χ1n) is 6.16. The Bertz CT molecular complexity index is 545. The van der Waals surface area contributed by atoms with Crippen LogP contribution in [-0.4, -0.2) is 36.3 Å². The summed E-state index contributed by atoms with van der Waals surface area (Å²) in [6, 6.07) is 1.09. The Kier molecular flexibility index (Phi) is 4.06. The molecule has 3 N–H and O–H groups in total. The molecule has 5 nitrogen and oxygen atoms in total. The molecule has 0 aromatic heterocycles. The van der Waals surface area contributed by atoms with E-state index in [0.29, 0.717) is 16.9 Å². The first-order valence-corrected chi connectivity index (χ1v) is 6.53. The van der Waals surface area contributed by atoms with Crippen LogP contribution < -0.4 is 10.5 Å². The second-order valence-electron chi connectivity index (χ2n) is 4.88. The molecule has 0 aliphatic carbocycles. The van der Waals surface area contributed by atoms with Gasteiger partial charge in [0, 0.05) is 36.2 Å². The lowest BCUT2D eigenvalue weighted by molar-refractivity contribution is 0.103. The zero-order valence-corrected chi connectivity index (χ0v) is 11.9. The number of rotatable bonds is 3. The number of carbonyl (C=O) groups is 1. The lowest BCUT2D eigenvalue weighted by Crippen LogP contribution is -2.48. The lowest BCUT2D eigenvalue weighted by atomic mass is 9.88. The van der Waals surface area contributed by atoms with Gasteiger partial charge in [-0.25, -0.2) is 9.18 Å². The molecule has 20 heavy (non-hydrogen) atoms. The summed E-state index contributed by atoms with van der Waals surface area (Å²) in [5.41, 5.74) is 6.77. The molecule has 1 unspecified atom stereocenters. The molecule has 1 amide bonds. The van der Waals surface area contributed by atoms with E-state index in [2.05, 4.69) is 0 Å². The number of amides is 1. The molecule has 7 heteroatoms. The Hall–Kier alpha value is -1.53. The lowest BCUT2D eigenvalue weighted by Gasteiger charge is -2.38. The molecule has 1 aliphatic rings. The van der Waals surface area contributed by atoms with Gasteiger partial charge in [0.05, 0.1) is 12.1 Å². The Balaban J connectivity index is 2.44. The number of hydrogen-bond donors (Lipinski definition) is 2. The van der Waals surface area contributed by atoms with Crippen LogP contribution in [0.1, 0.15) is 30.0 Å². The minimum absolute atomic E-state index is 0.0260. The number of carboxylic acid groups (broad SMARTS) is 1. The summed E-state index contributed by atoms with van der Waals surface area (Å²) in [4.78, 5) is 12.0. The molecule has 1 aromatic carbocycles. The third kappa shape index (κ3) is 2.41. The topological polar surface area (TPSA) is 75.8 Å². The van der Waals surface area contributed by atoms with Crippen LogP contribution in [0.25, 0.3) is 0 Å². The summed E-state index contributed by atoms with van der Waals surface area (Å²) in [7, 11) is 1.44. The normalized spacial score (nSPS) is 16.8. The Labute approximate surface area is 121 Å². The highest BCUT2D eigenvalue weighted by molar-refractivity contribution is 6.31. The second kappa shape index (κ2) is 5.46. The molecular weight excluding hydrogens is 287 g/mol. The largest absolute Gasteiger partial charge is 0.496 e. The molecule has 1 fully saturated rings. The number of ether oxygens (including phenoxy) is 1. The minimum Gasteiger partial charge on any atom is -0.496 e. The molecule has 1 heterocycles. The van der Waals surface area contributed by atoms with Gasteiger partial charge >= 0.3 is 6.09 Å². The first-order chi connectivity index (χ1) is 9.36. The predicted molar refractivity (Wildman–Crippen MR) is 72.9 cm³/mol. The first kappa shape index (κ1) is 14.9. The average Bonchev–Trinajstić information content (AvgIpc) is 2.31. The molecule has 1 atom stereocenters. The highest BCUT2D eigenvalue weighted by Gasteiger charge is 2.37. The summed E-state index contributed by atoms with van der Waals surface area (Å²) < 4.78 is 19.6. The smallest absolute Gasteiger partial charge is 0.407 e. The molecule has 2 rings (SSSR count). The van der Waals surface area contributed by atoms with Crippen LogP contribution in [0.2, 0.25) is 5.02 Å². The van der Waals surface area contributed by atoms with Crippen molar-refractivity contribution in [3.63, 3.8) is 0 Å². The summed E-state index contributed by atoms with van der Waals surface area (Å²) in [5.74, 6) is -0.475. The number of nitrogens with zero attached hydrogens (tertiary/aromatic N) is 1. The van der Waals surface area contributed by atoms with E-state index < -0.39 is 11.9 Å². The van der Waals surface area contributed by atoms with Crippen LogP contribution >= 0.6 is 11.6 Å². The van der Waals surface area contributed by atoms with E-state index in [9.17, 15) is 9.18 Å². The third-order valence-corrected chi connectivity index (χ3v) is 3.77. The van der Waals surface area contributed by atoms with Crippen LogP contribution in [0, 0.1) is 5.82 Å². The molecule has 0 spiro atoms. The molecule has 0 bridgehead atoms. The molecule has 0 radical (unpaired) electrons. The molecule has 1 aromatic rings. The van der Waals surface area contributed by atoms with Crippen molar-refractivity contribution < 1.29 is 19.0 Å². The standard InChI is InChI=1S/C13H16ClFN2O3/c1-6(16)8-3-9(14)11(15)10(12(8)20-2)7-4-17(5-7)13(18)19/h3,6-7H,4-5,16H2,1-2H3,(H,18,19). The number of methoxy groups -OCH3 is 1.